The molecule has 2 N–H and O–H groups in total. The van der Waals surface area contributed by atoms with E-state index in [0.717, 1.165) is 31.2 Å². The number of esters is 1. The van der Waals surface area contributed by atoms with E-state index in [2.05, 4.69) is 17.0 Å². The Labute approximate surface area is 189 Å². The van der Waals surface area contributed by atoms with E-state index >= 15 is 0 Å². The highest BCUT2D eigenvalue weighted by Gasteiger charge is 2.27. The maximum Gasteiger partial charge on any atom is 0.338 e. The van der Waals surface area contributed by atoms with Gasteiger partial charge in [0.25, 0.3) is 5.91 Å². The molecule has 0 saturated heterocycles. The Morgan fingerprint density at radius 1 is 1.06 bits per heavy atom. The van der Waals surface area contributed by atoms with E-state index < -0.39 is 22.1 Å². The number of benzene rings is 2. The van der Waals surface area contributed by atoms with Crippen molar-refractivity contribution in [2.75, 3.05) is 0 Å². The van der Waals surface area contributed by atoms with Crippen LogP contribution in [0, 0.1) is 5.92 Å². The zero-order valence-electron chi connectivity index (χ0n) is 18.4. The molecule has 0 spiro atoms. The van der Waals surface area contributed by atoms with Gasteiger partial charge < -0.3 is 10.1 Å². The summed E-state index contributed by atoms with van der Waals surface area (Å²) in [4.78, 5) is 25.0. The van der Waals surface area contributed by atoms with Gasteiger partial charge in [0.1, 0.15) is 0 Å². The van der Waals surface area contributed by atoms with Crippen molar-refractivity contribution in [3.8, 4) is 0 Å². The fraction of sp³-hybridized carbons (Fsp3) is 0.417. The Morgan fingerprint density at radius 3 is 2.50 bits per heavy atom. The molecule has 1 aliphatic rings. The number of hydrogen-bond acceptors (Lipinski definition) is 5. The lowest BCUT2D eigenvalue weighted by Crippen LogP contribution is -2.46. The van der Waals surface area contributed by atoms with Crippen LogP contribution in [0.25, 0.3) is 0 Å². The fourth-order valence-electron chi connectivity index (χ4n) is 3.76. The van der Waals surface area contributed by atoms with Gasteiger partial charge >= 0.3 is 5.97 Å². The molecule has 32 heavy (non-hydrogen) atoms. The standard InChI is InChI=1S/C24H30N2O5S/c1-17-9-6-7-14-22(17)26-23(27)18(2)31-24(28)20-12-8-13-21(15-20)32(29,30)25-16-19-10-4-3-5-11-19/h3-5,8,10-13,15,17-18,22,25H,6-7,9,14,16H2,1-2H3,(H,26,27). The van der Waals surface area contributed by atoms with Gasteiger partial charge in [-0.2, -0.15) is 0 Å². The molecule has 1 aliphatic carbocycles. The highest BCUT2D eigenvalue weighted by atomic mass is 32.2. The van der Waals surface area contributed by atoms with Gasteiger partial charge in [0.05, 0.1) is 10.5 Å². The molecule has 0 heterocycles. The molecule has 2 aromatic carbocycles. The fourth-order valence-corrected chi connectivity index (χ4v) is 4.82. The molecule has 7 nitrogen and oxygen atoms in total. The van der Waals surface area contributed by atoms with Crippen molar-refractivity contribution in [3.05, 3.63) is 65.7 Å². The summed E-state index contributed by atoms with van der Waals surface area (Å²) in [6.07, 6.45) is 3.25. The Hall–Kier alpha value is -2.71. The third-order valence-corrected chi connectivity index (χ3v) is 7.18. The average molecular weight is 459 g/mol. The number of carbonyl (C=O) groups excluding carboxylic acids is 2. The first kappa shape index (κ1) is 23.9. The van der Waals surface area contributed by atoms with E-state index in [1.807, 2.05) is 30.3 Å². The molecule has 3 rings (SSSR count). The first-order valence-electron chi connectivity index (χ1n) is 10.9. The van der Waals surface area contributed by atoms with E-state index in [4.69, 9.17) is 4.74 Å². The van der Waals surface area contributed by atoms with E-state index in [0.29, 0.717) is 5.92 Å². The third kappa shape index (κ3) is 6.40. The summed E-state index contributed by atoms with van der Waals surface area (Å²) >= 11 is 0. The largest absolute Gasteiger partial charge is 0.449 e. The van der Waals surface area contributed by atoms with Crippen LogP contribution in [-0.4, -0.2) is 32.4 Å². The average Bonchev–Trinajstić information content (AvgIpc) is 2.80. The number of hydrogen-bond donors (Lipinski definition) is 2. The van der Waals surface area contributed by atoms with Crippen LogP contribution >= 0.6 is 0 Å². The molecule has 1 amide bonds. The summed E-state index contributed by atoms with van der Waals surface area (Å²) in [6, 6.07) is 14.8. The number of ether oxygens (including phenoxy) is 1. The van der Waals surface area contributed by atoms with Gasteiger partial charge in [-0.25, -0.2) is 17.9 Å². The molecule has 1 fully saturated rings. The molecular formula is C24H30N2O5S. The molecule has 0 aliphatic heterocycles. The number of carbonyl (C=O) groups is 2. The Kier molecular flexibility index (Phi) is 8.04. The quantitative estimate of drug-likeness (QED) is 0.591. The minimum Gasteiger partial charge on any atom is -0.449 e. The molecule has 0 bridgehead atoms. The van der Waals surface area contributed by atoms with Crippen LogP contribution < -0.4 is 10.0 Å². The van der Waals surface area contributed by atoms with Crippen LogP contribution in [0.5, 0.6) is 0 Å². The van der Waals surface area contributed by atoms with Crippen molar-refractivity contribution in [2.45, 2.75) is 63.1 Å². The van der Waals surface area contributed by atoms with Gasteiger partial charge in [-0.15, -0.1) is 0 Å². The molecule has 0 aromatic heterocycles. The predicted octanol–water partition coefficient (Wildman–Crippen LogP) is 3.41. The van der Waals surface area contributed by atoms with E-state index in [1.54, 1.807) is 0 Å². The van der Waals surface area contributed by atoms with Crippen molar-refractivity contribution >= 4 is 21.9 Å². The molecule has 172 valence electrons. The van der Waals surface area contributed by atoms with Gasteiger partial charge in [0, 0.05) is 12.6 Å². The smallest absolute Gasteiger partial charge is 0.338 e. The molecule has 2 aromatic rings. The molecular weight excluding hydrogens is 428 g/mol. The van der Waals surface area contributed by atoms with Gasteiger partial charge in [-0.3, -0.25) is 4.79 Å². The number of amides is 1. The number of sulfonamides is 1. The van der Waals surface area contributed by atoms with Crippen LogP contribution in [-0.2, 0) is 26.1 Å². The molecule has 1 saturated carbocycles. The van der Waals surface area contributed by atoms with E-state index in [9.17, 15) is 18.0 Å². The molecule has 8 heteroatoms. The normalized spacial score (nSPS) is 19.7. The molecule has 3 atom stereocenters. The second kappa shape index (κ2) is 10.7. The minimum atomic E-state index is -3.82. The highest BCUT2D eigenvalue weighted by molar-refractivity contribution is 7.89. The van der Waals surface area contributed by atoms with Crippen molar-refractivity contribution in [3.63, 3.8) is 0 Å². The summed E-state index contributed by atoms with van der Waals surface area (Å²) in [6.45, 7) is 3.76. The van der Waals surface area contributed by atoms with Gasteiger partial charge in [-0.1, -0.05) is 56.2 Å². The van der Waals surface area contributed by atoms with Crippen LogP contribution in [0.3, 0.4) is 0 Å². The van der Waals surface area contributed by atoms with Crippen molar-refractivity contribution < 1.29 is 22.7 Å². The Balaban J connectivity index is 1.60. The van der Waals surface area contributed by atoms with Crippen LogP contribution in [0.1, 0.15) is 55.5 Å². The zero-order valence-corrected chi connectivity index (χ0v) is 19.2. The highest BCUT2D eigenvalue weighted by Crippen LogP contribution is 2.24. The van der Waals surface area contributed by atoms with Gasteiger partial charge in [0.15, 0.2) is 6.10 Å². The number of rotatable bonds is 8. The van der Waals surface area contributed by atoms with Crippen LogP contribution in [0.4, 0.5) is 0 Å². The second-order valence-electron chi connectivity index (χ2n) is 8.26. The summed E-state index contributed by atoms with van der Waals surface area (Å²) in [5.74, 6) is -0.698. The topological polar surface area (TPSA) is 102 Å². The summed E-state index contributed by atoms with van der Waals surface area (Å²) < 4.78 is 33.1. The van der Waals surface area contributed by atoms with E-state index in [1.165, 1.54) is 31.2 Å². The Bertz CT molecular complexity index is 1040. The van der Waals surface area contributed by atoms with Crippen LogP contribution in [0.2, 0.25) is 0 Å². The Morgan fingerprint density at radius 2 is 1.78 bits per heavy atom. The third-order valence-electron chi connectivity index (χ3n) is 5.78. The maximum atomic E-state index is 12.6. The lowest BCUT2D eigenvalue weighted by molar-refractivity contribution is -0.130. The molecule has 3 unspecified atom stereocenters. The lowest BCUT2D eigenvalue weighted by atomic mass is 9.86. The van der Waals surface area contributed by atoms with Crippen molar-refractivity contribution in [1.82, 2.24) is 10.0 Å². The van der Waals surface area contributed by atoms with E-state index in [-0.39, 0.29) is 29.0 Å². The van der Waals surface area contributed by atoms with Crippen molar-refractivity contribution in [1.29, 1.82) is 0 Å². The van der Waals surface area contributed by atoms with Gasteiger partial charge in [0.2, 0.25) is 10.0 Å². The number of nitrogens with one attached hydrogen (secondary N) is 2. The minimum absolute atomic E-state index is 0.0454. The summed E-state index contributed by atoms with van der Waals surface area (Å²) in [5, 5.41) is 2.97. The summed E-state index contributed by atoms with van der Waals surface area (Å²) in [7, 11) is -3.82. The second-order valence-corrected chi connectivity index (χ2v) is 10.0. The monoisotopic (exact) mass is 458 g/mol. The SMILES string of the molecule is CC(OC(=O)c1cccc(S(=O)(=O)NCc2ccccc2)c1)C(=O)NC1CCCCC1C. The van der Waals surface area contributed by atoms with Crippen LogP contribution in [0.15, 0.2) is 59.5 Å². The zero-order chi connectivity index (χ0) is 23.1. The van der Waals surface area contributed by atoms with Crippen molar-refractivity contribution in [2.24, 2.45) is 5.92 Å². The van der Waals surface area contributed by atoms with Gasteiger partial charge in [-0.05, 0) is 49.4 Å². The molecule has 0 radical (unpaired) electrons. The first-order chi connectivity index (χ1) is 15.3. The lowest BCUT2D eigenvalue weighted by Gasteiger charge is -2.30. The summed E-state index contributed by atoms with van der Waals surface area (Å²) in [5.41, 5.74) is 0.886. The first-order valence-corrected chi connectivity index (χ1v) is 12.4. The predicted molar refractivity (Wildman–Crippen MR) is 121 cm³/mol. The maximum absolute atomic E-state index is 12.6.